The lowest BCUT2D eigenvalue weighted by atomic mass is 9.77. The van der Waals surface area contributed by atoms with Crippen molar-refractivity contribution in [3.8, 4) is 5.75 Å². The predicted molar refractivity (Wildman–Crippen MR) is 85.5 cm³/mol. The largest absolute Gasteiger partial charge is 0.496 e. The molecule has 3 N–H and O–H groups in total. The van der Waals surface area contributed by atoms with Crippen LogP contribution in [0, 0.1) is 5.92 Å². The van der Waals surface area contributed by atoms with E-state index in [1.807, 2.05) is 5.38 Å². The van der Waals surface area contributed by atoms with E-state index in [1.165, 1.54) is 11.3 Å². The number of methoxy groups -OCH3 is 1. The van der Waals surface area contributed by atoms with Crippen molar-refractivity contribution < 1.29 is 9.53 Å². The van der Waals surface area contributed by atoms with Crippen molar-refractivity contribution >= 4 is 34.5 Å². The normalized spacial score (nSPS) is 26.0. The van der Waals surface area contributed by atoms with Crippen LogP contribution in [-0.4, -0.2) is 23.5 Å². The molecule has 1 amide bonds. The molecule has 0 bridgehead atoms. The Morgan fingerprint density at radius 2 is 2.20 bits per heavy atom. The van der Waals surface area contributed by atoms with Gasteiger partial charge in [-0.05, 0) is 31.6 Å². The molecule has 1 aliphatic carbocycles. The van der Waals surface area contributed by atoms with Gasteiger partial charge in [-0.1, -0.05) is 19.1 Å². The molecule has 0 aromatic carbocycles. The van der Waals surface area contributed by atoms with Gasteiger partial charge in [0, 0.05) is 11.4 Å². The quantitative estimate of drug-likeness (QED) is 0.839. The molecule has 6 heteroatoms. The SMILES string of the molecule is COc1csc(C(=O)NC2(C(N)=S)CCC(C)CC2)c1. The first-order valence-electron chi connectivity index (χ1n) is 6.72. The van der Waals surface area contributed by atoms with E-state index >= 15 is 0 Å². The fraction of sp³-hybridized carbons (Fsp3) is 0.571. The molecule has 0 unspecified atom stereocenters. The molecule has 4 nitrogen and oxygen atoms in total. The van der Waals surface area contributed by atoms with Gasteiger partial charge in [0.1, 0.15) is 5.75 Å². The molecule has 0 atom stereocenters. The third-order valence-electron chi connectivity index (χ3n) is 3.99. The average molecular weight is 312 g/mol. The van der Waals surface area contributed by atoms with Gasteiger partial charge in [0.05, 0.1) is 22.5 Å². The topological polar surface area (TPSA) is 64.3 Å². The van der Waals surface area contributed by atoms with Crippen LogP contribution in [0.1, 0.15) is 42.3 Å². The van der Waals surface area contributed by atoms with Crippen molar-refractivity contribution in [3.05, 3.63) is 16.3 Å². The van der Waals surface area contributed by atoms with Gasteiger partial charge < -0.3 is 15.8 Å². The number of rotatable bonds is 4. The summed E-state index contributed by atoms with van der Waals surface area (Å²) in [7, 11) is 1.59. The predicted octanol–water partition coefficient (Wildman–Crippen LogP) is 2.72. The summed E-state index contributed by atoms with van der Waals surface area (Å²) in [5, 5.41) is 4.87. The van der Waals surface area contributed by atoms with Crippen LogP contribution in [0.4, 0.5) is 0 Å². The molecule has 1 fully saturated rings. The van der Waals surface area contributed by atoms with E-state index in [0.29, 0.717) is 21.5 Å². The molecule has 1 aromatic heterocycles. The summed E-state index contributed by atoms with van der Waals surface area (Å²) < 4.78 is 5.10. The maximum absolute atomic E-state index is 12.4. The maximum Gasteiger partial charge on any atom is 0.262 e. The van der Waals surface area contributed by atoms with Crippen LogP contribution < -0.4 is 15.8 Å². The fourth-order valence-electron chi connectivity index (χ4n) is 2.51. The summed E-state index contributed by atoms with van der Waals surface area (Å²) in [4.78, 5) is 13.4. The maximum atomic E-state index is 12.4. The number of nitrogens with two attached hydrogens (primary N) is 1. The molecule has 1 aliphatic rings. The molecule has 1 heterocycles. The van der Waals surface area contributed by atoms with Crippen LogP contribution in [0.2, 0.25) is 0 Å². The summed E-state index contributed by atoms with van der Waals surface area (Å²) in [6.07, 6.45) is 3.70. The molecule has 110 valence electrons. The van der Waals surface area contributed by atoms with E-state index in [1.54, 1.807) is 13.2 Å². The molecular weight excluding hydrogens is 292 g/mol. The minimum Gasteiger partial charge on any atom is -0.496 e. The first-order valence-corrected chi connectivity index (χ1v) is 8.00. The fourth-order valence-corrected chi connectivity index (χ4v) is 3.52. The lowest BCUT2D eigenvalue weighted by Crippen LogP contribution is -2.58. The zero-order valence-electron chi connectivity index (χ0n) is 11.8. The Balaban J connectivity index is 2.12. The van der Waals surface area contributed by atoms with Gasteiger partial charge in [0.25, 0.3) is 5.91 Å². The summed E-state index contributed by atoms with van der Waals surface area (Å²) in [6.45, 7) is 2.22. The molecule has 0 saturated heterocycles. The number of hydrogen-bond donors (Lipinski definition) is 2. The summed E-state index contributed by atoms with van der Waals surface area (Å²) in [6, 6.07) is 1.73. The van der Waals surface area contributed by atoms with E-state index in [-0.39, 0.29) is 5.91 Å². The Morgan fingerprint density at radius 3 is 2.70 bits per heavy atom. The van der Waals surface area contributed by atoms with Gasteiger partial charge in [-0.3, -0.25) is 4.79 Å². The highest BCUT2D eigenvalue weighted by atomic mass is 32.1. The van der Waals surface area contributed by atoms with E-state index in [4.69, 9.17) is 22.7 Å². The molecule has 20 heavy (non-hydrogen) atoms. The second kappa shape index (κ2) is 6.10. The van der Waals surface area contributed by atoms with Gasteiger partial charge in [-0.15, -0.1) is 11.3 Å². The Hall–Kier alpha value is -1.14. The van der Waals surface area contributed by atoms with Gasteiger partial charge in [0.2, 0.25) is 0 Å². The van der Waals surface area contributed by atoms with Crippen molar-refractivity contribution in [1.29, 1.82) is 0 Å². The number of thiocarbonyl (C=S) groups is 1. The summed E-state index contributed by atoms with van der Waals surface area (Å²) >= 11 is 6.57. The van der Waals surface area contributed by atoms with E-state index < -0.39 is 5.54 Å². The van der Waals surface area contributed by atoms with Crippen molar-refractivity contribution in [2.45, 2.75) is 38.1 Å². The third-order valence-corrected chi connectivity index (χ3v) is 5.29. The number of thiophene rings is 1. The van der Waals surface area contributed by atoms with Crippen molar-refractivity contribution in [3.63, 3.8) is 0 Å². The number of amides is 1. The highest BCUT2D eigenvalue weighted by Gasteiger charge is 2.38. The van der Waals surface area contributed by atoms with Gasteiger partial charge in [0.15, 0.2) is 0 Å². The molecule has 1 saturated carbocycles. The number of ether oxygens (including phenoxy) is 1. The van der Waals surface area contributed by atoms with Crippen molar-refractivity contribution in [2.75, 3.05) is 7.11 Å². The Bertz CT molecular complexity index is 505. The zero-order chi connectivity index (χ0) is 14.8. The van der Waals surface area contributed by atoms with Gasteiger partial charge in [-0.2, -0.15) is 0 Å². The lowest BCUT2D eigenvalue weighted by Gasteiger charge is -2.39. The minimum atomic E-state index is -0.532. The van der Waals surface area contributed by atoms with Crippen LogP contribution >= 0.6 is 23.6 Å². The lowest BCUT2D eigenvalue weighted by molar-refractivity contribution is 0.0904. The van der Waals surface area contributed by atoms with E-state index in [2.05, 4.69) is 12.2 Å². The first kappa shape index (κ1) is 15.3. The number of carbonyl (C=O) groups is 1. The van der Waals surface area contributed by atoms with Crippen molar-refractivity contribution in [1.82, 2.24) is 5.32 Å². The Kier molecular flexibility index (Phi) is 4.65. The average Bonchev–Trinajstić information content (AvgIpc) is 2.90. The van der Waals surface area contributed by atoms with Crippen molar-refractivity contribution in [2.24, 2.45) is 11.7 Å². The number of hydrogen-bond acceptors (Lipinski definition) is 4. The third kappa shape index (κ3) is 3.12. The zero-order valence-corrected chi connectivity index (χ0v) is 13.4. The smallest absolute Gasteiger partial charge is 0.262 e. The summed E-state index contributed by atoms with van der Waals surface area (Å²) in [5.41, 5.74) is 5.37. The van der Waals surface area contributed by atoms with Crippen LogP contribution in [0.15, 0.2) is 11.4 Å². The highest BCUT2D eigenvalue weighted by Crippen LogP contribution is 2.33. The number of carbonyl (C=O) groups excluding carboxylic acids is 1. The van der Waals surface area contributed by atoms with E-state index in [0.717, 1.165) is 25.7 Å². The standard InChI is InChI=1S/C14H20N2O2S2/c1-9-3-5-14(6-4-9,13(15)19)16-12(17)11-7-10(18-2)8-20-11/h7-9H,3-6H2,1-2H3,(H2,15,19)(H,16,17). The van der Waals surface area contributed by atoms with Crippen LogP contribution in [0.5, 0.6) is 5.75 Å². The minimum absolute atomic E-state index is 0.124. The van der Waals surface area contributed by atoms with Gasteiger partial charge in [-0.25, -0.2) is 0 Å². The molecule has 0 aliphatic heterocycles. The first-order chi connectivity index (χ1) is 9.47. The molecule has 1 aromatic rings. The molecule has 2 rings (SSSR count). The van der Waals surface area contributed by atoms with E-state index in [9.17, 15) is 4.79 Å². The monoisotopic (exact) mass is 312 g/mol. The van der Waals surface area contributed by atoms with Crippen LogP contribution in [0.3, 0.4) is 0 Å². The highest BCUT2D eigenvalue weighted by molar-refractivity contribution is 7.80. The summed E-state index contributed by atoms with van der Waals surface area (Å²) in [5.74, 6) is 1.23. The molecular formula is C14H20N2O2S2. The second-order valence-corrected chi connectivity index (χ2v) is 6.78. The molecule has 0 radical (unpaired) electrons. The van der Waals surface area contributed by atoms with Crippen LogP contribution in [0.25, 0.3) is 0 Å². The Labute approximate surface area is 128 Å². The van der Waals surface area contributed by atoms with Crippen LogP contribution in [-0.2, 0) is 0 Å². The van der Waals surface area contributed by atoms with Gasteiger partial charge >= 0.3 is 0 Å². The number of nitrogens with one attached hydrogen (secondary N) is 1. The molecule has 0 spiro atoms. The second-order valence-electron chi connectivity index (χ2n) is 5.43. The Morgan fingerprint density at radius 1 is 1.55 bits per heavy atom.